The van der Waals surface area contributed by atoms with E-state index in [-0.39, 0.29) is 11.9 Å². The SMILES string of the molecule is O=C(NCc1ccn2ccnc2c1)Nc1ccc(C2CCN(C(=O)C3Cc4ccccc4O3)CC2)cc1. The summed E-state index contributed by atoms with van der Waals surface area (Å²) in [5.41, 5.74) is 4.92. The molecule has 37 heavy (non-hydrogen) atoms. The minimum absolute atomic E-state index is 0.0879. The molecule has 2 aromatic carbocycles. The summed E-state index contributed by atoms with van der Waals surface area (Å²) in [6, 6.07) is 19.6. The van der Waals surface area contributed by atoms with Crippen molar-refractivity contribution in [2.24, 2.45) is 0 Å². The number of aromatic nitrogens is 2. The highest BCUT2D eigenvalue weighted by molar-refractivity contribution is 5.89. The fraction of sp³-hybridized carbons (Fsp3) is 0.276. The quantitative estimate of drug-likeness (QED) is 0.431. The summed E-state index contributed by atoms with van der Waals surface area (Å²) in [5.74, 6) is 1.31. The van der Waals surface area contributed by atoms with E-state index in [1.54, 1.807) is 6.20 Å². The van der Waals surface area contributed by atoms with Crippen LogP contribution in [-0.2, 0) is 17.8 Å². The van der Waals surface area contributed by atoms with Crippen molar-refractivity contribution in [1.82, 2.24) is 19.6 Å². The largest absolute Gasteiger partial charge is 0.480 e. The van der Waals surface area contributed by atoms with Gasteiger partial charge in [0.1, 0.15) is 11.4 Å². The van der Waals surface area contributed by atoms with Crippen molar-refractivity contribution in [3.63, 3.8) is 0 Å². The number of rotatable bonds is 5. The number of hydrogen-bond acceptors (Lipinski definition) is 4. The maximum absolute atomic E-state index is 13.0. The zero-order chi connectivity index (χ0) is 25.2. The minimum Gasteiger partial charge on any atom is -0.480 e. The Morgan fingerprint density at radius 1 is 1.00 bits per heavy atom. The predicted octanol–water partition coefficient (Wildman–Crippen LogP) is 4.37. The van der Waals surface area contributed by atoms with Crippen molar-refractivity contribution < 1.29 is 14.3 Å². The molecule has 0 radical (unpaired) electrons. The first-order chi connectivity index (χ1) is 18.1. The molecule has 0 saturated carbocycles. The lowest BCUT2D eigenvalue weighted by Crippen LogP contribution is -2.45. The molecule has 0 spiro atoms. The van der Waals surface area contributed by atoms with Crippen molar-refractivity contribution in [2.75, 3.05) is 18.4 Å². The van der Waals surface area contributed by atoms with E-state index in [4.69, 9.17) is 4.74 Å². The van der Waals surface area contributed by atoms with Crippen molar-refractivity contribution in [1.29, 1.82) is 0 Å². The van der Waals surface area contributed by atoms with Gasteiger partial charge in [-0.15, -0.1) is 0 Å². The van der Waals surface area contributed by atoms with E-state index < -0.39 is 6.10 Å². The second kappa shape index (κ2) is 9.97. The number of likely N-dealkylation sites (tertiary alicyclic amines) is 1. The average molecular weight is 496 g/mol. The van der Waals surface area contributed by atoms with Crippen LogP contribution < -0.4 is 15.4 Å². The summed E-state index contributed by atoms with van der Waals surface area (Å²) in [4.78, 5) is 31.6. The number of para-hydroxylation sites is 1. The van der Waals surface area contributed by atoms with Crippen LogP contribution in [0.15, 0.2) is 79.3 Å². The van der Waals surface area contributed by atoms with Gasteiger partial charge in [0.2, 0.25) is 0 Å². The Morgan fingerprint density at radius 2 is 1.81 bits per heavy atom. The molecule has 188 valence electrons. The molecular formula is C29H29N5O3. The Kier molecular flexibility index (Phi) is 6.22. The molecule has 0 bridgehead atoms. The van der Waals surface area contributed by atoms with Crippen LogP contribution in [0.4, 0.5) is 10.5 Å². The molecule has 1 saturated heterocycles. The highest BCUT2D eigenvalue weighted by Crippen LogP contribution is 2.32. The van der Waals surface area contributed by atoms with Crippen LogP contribution in [0.3, 0.4) is 0 Å². The number of piperidine rings is 1. The Hall–Kier alpha value is -4.33. The summed E-state index contributed by atoms with van der Waals surface area (Å²) < 4.78 is 7.83. The smallest absolute Gasteiger partial charge is 0.319 e. The third-order valence-corrected chi connectivity index (χ3v) is 7.28. The Balaban J connectivity index is 0.972. The standard InChI is InChI=1S/C29H29N5O3/c35-28(26-18-23-3-1-2-4-25(23)37-26)34-14-10-22(11-15-34)21-5-7-24(8-6-21)32-29(36)31-19-20-9-13-33-16-12-30-27(33)17-20/h1-9,12-13,16-17,22,26H,10-11,14-15,18-19H2,(H2,31,32,36). The lowest BCUT2D eigenvalue weighted by atomic mass is 9.89. The summed E-state index contributed by atoms with van der Waals surface area (Å²) >= 11 is 0. The van der Waals surface area contributed by atoms with Crippen molar-refractivity contribution in [3.05, 3.63) is 95.9 Å². The molecule has 2 aliphatic rings. The van der Waals surface area contributed by atoms with E-state index in [2.05, 4.69) is 27.8 Å². The zero-order valence-corrected chi connectivity index (χ0v) is 20.5. The molecule has 2 aliphatic heterocycles. The van der Waals surface area contributed by atoms with Crippen molar-refractivity contribution in [3.8, 4) is 5.75 Å². The molecular weight excluding hydrogens is 466 g/mol. The van der Waals surface area contributed by atoms with E-state index in [9.17, 15) is 9.59 Å². The van der Waals surface area contributed by atoms with Gasteiger partial charge in [0, 0.05) is 50.3 Å². The first-order valence-corrected chi connectivity index (χ1v) is 12.7. The first-order valence-electron chi connectivity index (χ1n) is 12.7. The molecule has 2 aromatic heterocycles. The van der Waals surface area contributed by atoms with Crippen LogP contribution >= 0.6 is 0 Å². The zero-order valence-electron chi connectivity index (χ0n) is 20.5. The molecule has 6 rings (SSSR count). The number of hydrogen-bond donors (Lipinski definition) is 2. The Bertz CT molecular complexity index is 1400. The summed E-state index contributed by atoms with van der Waals surface area (Å²) in [7, 11) is 0. The molecule has 0 aliphatic carbocycles. The lowest BCUT2D eigenvalue weighted by Gasteiger charge is -2.33. The molecule has 8 heteroatoms. The summed E-state index contributed by atoms with van der Waals surface area (Å²) in [6.07, 6.45) is 7.64. The second-order valence-electron chi connectivity index (χ2n) is 9.68. The van der Waals surface area contributed by atoms with Gasteiger partial charge in [0.25, 0.3) is 5.91 Å². The molecule has 2 N–H and O–H groups in total. The van der Waals surface area contributed by atoms with Crippen LogP contribution in [-0.4, -0.2) is 45.4 Å². The third kappa shape index (κ3) is 5.00. The number of ether oxygens (including phenoxy) is 1. The van der Waals surface area contributed by atoms with Crippen molar-refractivity contribution in [2.45, 2.75) is 37.8 Å². The summed E-state index contributed by atoms with van der Waals surface area (Å²) in [6.45, 7) is 1.88. The number of carbonyl (C=O) groups is 2. The van der Waals surface area contributed by atoms with Gasteiger partial charge in [-0.3, -0.25) is 4.79 Å². The maximum Gasteiger partial charge on any atom is 0.319 e. The molecule has 3 amide bonds. The lowest BCUT2D eigenvalue weighted by molar-refractivity contribution is -0.139. The Morgan fingerprint density at radius 3 is 2.62 bits per heavy atom. The van der Waals surface area contributed by atoms with E-state index >= 15 is 0 Å². The molecule has 1 unspecified atom stereocenters. The molecule has 4 aromatic rings. The van der Waals surface area contributed by atoms with Gasteiger partial charge in [-0.25, -0.2) is 9.78 Å². The topological polar surface area (TPSA) is 88.0 Å². The van der Waals surface area contributed by atoms with Crippen molar-refractivity contribution >= 4 is 23.3 Å². The highest BCUT2D eigenvalue weighted by atomic mass is 16.5. The fourth-order valence-electron chi connectivity index (χ4n) is 5.22. The minimum atomic E-state index is -0.404. The van der Waals surface area contributed by atoms with Gasteiger partial charge in [0.15, 0.2) is 6.10 Å². The fourth-order valence-corrected chi connectivity index (χ4v) is 5.22. The Labute approximate surface area is 215 Å². The van der Waals surface area contributed by atoms with Gasteiger partial charge in [-0.05, 0) is 65.8 Å². The number of benzene rings is 2. The molecule has 8 nitrogen and oxygen atoms in total. The van der Waals surface area contributed by atoms with E-state index in [1.807, 2.05) is 70.2 Å². The number of nitrogens with zero attached hydrogens (tertiary/aromatic N) is 3. The van der Waals surface area contributed by atoms with Gasteiger partial charge < -0.3 is 24.7 Å². The average Bonchev–Trinajstić information content (AvgIpc) is 3.59. The number of anilines is 1. The number of pyridine rings is 1. The number of imidazole rings is 1. The number of urea groups is 1. The normalized spacial score (nSPS) is 17.3. The monoisotopic (exact) mass is 495 g/mol. The van der Waals surface area contributed by atoms with Crippen LogP contribution in [0.1, 0.15) is 35.4 Å². The first kappa shape index (κ1) is 23.1. The predicted molar refractivity (Wildman–Crippen MR) is 141 cm³/mol. The van der Waals surface area contributed by atoms with E-state index in [1.165, 1.54) is 5.56 Å². The highest BCUT2D eigenvalue weighted by Gasteiger charge is 2.34. The summed E-state index contributed by atoms with van der Waals surface area (Å²) in [5, 5.41) is 5.79. The number of carbonyl (C=O) groups excluding carboxylic acids is 2. The maximum atomic E-state index is 13.0. The van der Waals surface area contributed by atoms with E-state index in [0.717, 1.165) is 54.1 Å². The van der Waals surface area contributed by atoms with Crippen LogP contribution in [0, 0.1) is 0 Å². The molecule has 1 atom stereocenters. The second-order valence-corrected chi connectivity index (χ2v) is 9.68. The van der Waals surface area contributed by atoms with Gasteiger partial charge in [-0.2, -0.15) is 0 Å². The number of fused-ring (bicyclic) bond motifs is 2. The number of amides is 3. The van der Waals surface area contributed by atoms with E-state index in [0.29, 0.717) is 18.9 Å². The molecule has 1 fully saturated rings. The van der Waals surface area contributed by atoms with Crippen LogP contribution in [0.2, 0.25) is 0 Å². The van der Waals surface area contributed by atoms with Crippen LogP contribution in [0.25, 0.3) is 5.65 Å². The van der Waals surface area contributed by atoms with Gasteiger partial charge in [-0.1, -0.05) is 30.3 Å². The number of nitrogens with one attached hydrogen (secondary N) is 2. The third-order valence-electron chi connectivity index (χ3n) is 7.28. The van der Waals surface area contributed by atoms with Gasteiger partial charge >= 0.3 is 6.03 Å². The van der Waals surface area contributed by atoms with Crippen LogP contribution in [0.5, 0.6) is 5.75 Å². The molecule has 4 heterocycles. The van der Waals surface area contributed by atoms with Gasteiger partial charge in [0.05, 0.1) is 0 Å².